The lowest BCUT2D eigenvalue weighted by atomic mass is 10.0. The van der Waals surface area contributed by atoms with Crippen LogP contribution in [0, 0.1) is 0 Å². The Bertz CT molecular complexity index is 436. The summed E-state index contributed by atoms with van der Waals surface area (Å²) >= 11 is 0. The summed E-state index contributed by atoms with van der Waals surface area (Å²) in [4.78, 5) is 14.9. The third-order valence-corrected chi connectivity index (χ3v) is 3.50. The zero-order chi connectivity index (χ0) is 14.6. The number of hydrogen-bond acceptors (Lipinski definition) is 3. The van der Waals surface area contributed by atoms with Gasteiger partial charge in [-0.05, 0) is 52.3 Å². The molecule has 0 amide bonds. The van der Waals surface area contributed by atoms with Gasteiger partial charge in [0.2, 0.25) is 0 Å². The summed E-state index contributed by atoms with van der Waals surface area (Å²) in [6.45, 7) is 7.70. The Balaban J connectivity index is 0.00000220. The first-order valence-electron chi connectivity index (χ1n) is 7.49. The summed E-state index contributed by atoms with van der Waals surface area (Å²) in [6, 6.07) is 9.71. The number of likely N-dealkylation sites (tertiary alicyclic amines) is 1. The molecule has 2 rings (SSSR count). The SMILES string of the molecule is CC(C)(C)OC(=O)C(c1ccccc1)N1CCCCC1.Cl. The van der Waals surface area contributed by atoms with Crippen molar-refractivity contribution in [3.8, 4) is 0 Å². The van der Waals surface area contributed by atoms with Crippen molar-refractivity contribution in [1.29, 1.82) is 0 Å². The quantitative estimate of drug-likeness (QED) is 0.791. The number of nitrogens with zero attached hydrogens (tertiary/aromatic N) is 1. The second-order valence-corrected chi connectivity index (χ2v) is 6.44. The predicted octanol–water partition coefficient (Wildman–Crippen LogP) is 3.98. The molecule has 0 N–H and O–H groups in total. The van der Waals surface area contributed by atoms with Crippen molar-refractivity contribution < 1.29 is 9.53 Å². The first-order valence-corrected chi connectivity index (χ1v) is 7.49. The summed E-state index contributed by atoms with van der Waals surface area (Å²) < 4.78 is 5.63. The van der Waals surface area contributed by atoms with Gasteiger partial charge in [-0.3, -0.25) is 4.90 Å². The fraction of sp³-hybridized carbons (Fsp3) is 0.588. The van der Waals surface area contributed by atoms with Crippen molar-refractivity contribution in [3.63, 3.8) is 0 Å². The first-order chi connectivity index (χ1) is 9.47. The van der Waals surface area contributed by atoms with E-state index >= 15 is 0 Å². The van der Waals surface area contributed by atoms with Gasteiger partial charge >= 0.3 is 5.97 Å². The lowest BCUT2D eigenvalue weighted by molar-refractivity contribution is -0.162. The predicted molar refractivity (Wildman–Crippen MR) is 87.7 cm³/mol. The standard InChI is InChI=1S/C17H25NO2.ClH/c1-17(2,3)20-16(19)15(14-10-6-4-7-11-14)18-12-8-5-9-13-18;/h4,6-7,10-11,15H,5,8-9,12-13H2,1-3H3;1H. The highest BCUT2D eigenvalue weighted by Crippen LogP contribution is 2.27. The molecule has 1 aromatic rings. The van der Waals surface area contributed by atoms with Crippen LogP contribution in [-0.2, 0) is 9.53 Å². The van der Waals surface area contributed by atoms with E-state index in [4.69, 9.17) is 4.74 Å². The molecular weight excluding hydrogens is 286 g/mol. The Kier molecular flexibility index (Phi) is 6.69. The van der Waals surface area contributed by atoms with E-state index < -0.39 is 5.60 Å². The summed E-state index contributed by atoms with van der Waals surface area (Å²) in [7, 11) is 0. The van der Waals surface area contributed by atoms with Crippen LogP contribution in [0.2, 0.25) is 0 Å². The van der Waals surface area contributed by atoms with E-state index in [1.807, 2.05) is 51.1 Å². The van der Waals surface area contributed by atoms with Crippen molar-refractivity contribution in [3.05, 3.63) is 35.9 Å². The molecule has 1 unspecified atom stereocenters. The molecule has 1 saturated heterocycles. The van der Waals surface area contributed by atoms with Crippen LogP contribution in [0.1, 0.15) is 51.6 Å². The maximum Gasteiger partial charge on any atom is 0.328 e. The molecule has 1 aromatic carbocycles. The number of ether oxygens (including phenoxy) is 1. The molecular formula is C17H26ClNO2. The smallest absolute Gasteiger partial charge is 0.328 e. The van der Waals surface area contributed by atoms with Crippen LogP contribution in [0.4, 0.5) is 0 Å². The van der Waals surface area contributed by atoms with Gasteiger partial charge in [0.1, 0.15) is 11.6 Å². The van der Waals surface area contributed by atoms with Gasteiger partial charge in [-0.1, -0.05) is 36.8 Å². The van der Waals surface area contributed by atoms with E-state index in [1.165, 1.54) is 6.42 Å². The highest BCUT2D eigenvalue weighted by atomic mass is 35.5. The van der Waals surface area contributed by atoms with E-state index in [0.717, 1.165) is 31.5 Å². The number of carbonyl (C=O) groups is 1. The molecule has 0 bridgehead atoms. The van der Waals surface area contributed by atoms with E-state index in [-0.39, 0.29) is 24.4 Å². The van der Waals surface area contributed by atoms with Gasteiger partial charge < -0.3 is 4.74 Å². The van der Waals surface area contributed by atoms with E-state index in [0.29, 0.717) is 0 Å². The van der Waals surface area contributed by atoms with Crippen LogP contribution in [-0.4, -0.2) is 29.6 Å². The average molecular weight is 312 g/mol. The number of hydrogen-bond donors (Lipinski definition) is 0. The number of benzene rings is 1. The second kappa shape index (κ2) is 7.81. The van der Waals surface area contributed by atoms with Crippen molar-refractivity contribution >= 4 is 18.4 Å². The minimum absolute atomic E-state index is 0. The van der Waals surface area contributed by atoms with Crippen molar-refractivity contribution in [2.75, 3.05) is 13.1 Å². The van der Waals surface area contributed by atoms with Crippen LogP contribution in [0.15, 0.2) is 30.3 Å². The zero-order valence-electron chi connectivity index (χ0n) is 13.2. The van der Waals surface area contributed by atoms with Crippen molar-refractivity contribution in [2.45, 2.75) is 51.7 Å². The Hall–Kier alpha value is -1.06. The molecule has 4 heteroatoms. The van der Waals surface area contributed by atoms with Crippen LogP contribution >= 0.6 is 12.4 Å². The number of piperidine rings is 1. The minimum atomic E-state index is -0.445. The number of carbonyl (C=O) groups excluding carboxylic acids is 1. The fourth-order valence-corrected chi connectivity index (χ4v) is 2.67. The van der Waals surface area contributed by atoms with Gasteiger partial charge in [0.25, 0.3) is 0 Å². The molecule has 0 aliphatic carbocycles. The molecule has 1 aliphatic rings. The maximum absolute atomic E-state index is 12.6. The topological polar surface area (TPSA) is 29.5 Å². The highest BCUT2D eigenvalue weighted by Gasteiger charge is 2.32. The average Bonchev–Trinajstić information content (AvgIpc) is 2.39. The van der Waals surface area contributed by atoms with Crippen LogP contribution in [0.3, 0.4) is 0 Å². The first kappa shape index (κ1) is 18.0. The van der Waals surface area contributed by atoms with Gasteiger partial charge in [0.05, 0.1) is 0 Å². The van der Waals surface area contributed by atoms with Crippen LogP contribution in [0.25, 0.3) is 0 Å². The van der Waals surface area contributed by atoms with Crippen molar-refractivity contribution in [2.24, 2.45) is 0 Å². The third-order valence-electron chi connectivity index (χ3n) is 3.50. The summed E-state index contributed by atoms with van der Waals surface area (Å²) in [6.07, 6.45) is 3.57. The summed E-state index contributed by atoms with van der Waals surface area (Å²) in [5, 5.41) is 0. The van der Waals surface area contributed by atoms with E-state index in [2.05, 4.69) is 4.90 Å². The minimum Gasteiger partial charge on any atom is -0.459 e. The Morgan fingerprint density at radius 3 is 2.19 bits per heavy atom. The lowest BCUT2D eigenvalue weighted by Gasteiger charge is -2.35. The molecule has 21 heavy (non-hydrogen) atoms. The number of halogens is 1. The Morgan fingerprint density at radius 2 is 1.67 bits per heavy atom. The number of esters is 1. The Morgan fingerprint density at radius 1 is 1.10 bits per heavy atom. The third kappa shape index (κ3) is 5.33. The lowest BCUT2D eigenvalue weighted by Crippen LogP contribution is -2.40. The molecule has 1 aliphatic heterocycles. The summed E-state index contributed by atoms with van der Waals surface area (Å²) in [5.41, 5.74) is 0.587. The molecule has 3 nitrogen and oxygen atoms in total. The van der Waals surface area contributed by atoms with Gasteiger partial charge in [-0.15, -0.1) is 12.4 Å². The molecule has 1 atom stereocenters. The van der Waals surface area contributed by atoms with Gasteiger partial charge in [0, 0.05) is 0 Å². The van der Waals surface area contributed by atoms with Gasteiger partial charge in [0.15, 0.2) is 0 Å². The van der Waals surface area contributed by atoms with Gasteiger partial charge in [-0.2, -0.15) is 0 Å². The monoisotopic (exact) mass is 311 g/mol. The normalized spacial score (nSPS) is 17.7. The molecule has 1 fully saturated rings. The van der Waals surface area contributed by atoms with Crippen LogP contribution in [0.5, 0.6) is 0 Å². The highest BCUT2D eigenvalue weighted by molar-refractivity contribution is 5.85. The molecule has 0 saturated carbocycles. The maximum atomic E-state index is 12.6. The molecule has 0 radical (unpaired) electrons. The molecule has 1 heterocycles. The zero-order valence-corrected chi connectivity index (χ0v) is 14.0. The fourth-order valence-electron chi connectivity index (χ4n) is 2.67. The van der Waals surface area contributed by atoms with Gasteiger partial charge in [-0.25, -0.2) is 4.79 Å². The Labute approximate surface area is 134 Å². The summed E-state index contributed by atoms with van der Waals surface area (Å²) in [5.74, 6) is -0.134. The second-order valence-electron chi connectivity index (χ2n) is 6.44. The van der Waals surface area contributed by atoms with Crippen molar-refractivity contribution in [1.82, 2.24) is 4.90 Å². The van der Waals surface area contributed by atoms with E-state index in [1.54, 1.807) is 0 Å². The number of rotatable bonds is 3. The molecule has 118 valence electrons. The molecule has 0 spiro atoms. The molecule has 0 aromatic heterocycles. The van der Waals surface area contributed by atoms with Crippen LogP contribution < -0.4 is 0 Å². The largest absolute Gasteiger partial charge is 0.459 e. The van der Waals surface area contributed by atoms with E-state index in [9.17, 15) is 4.79 Å².